The van der Waals surface area contributed by atoms with Gasteiger partial charge in [-0.15, -0.1) is 11.3 Å². The van der Waals surface area contributed by atoms with E-state index in [0.29, 0.717) is 12.8 Å². The predicted octanol–water partition coefficient (Wildman–Crippen LogP) is 5.97. The van der Waals surface area contributed by atoms with Crippen molar-refractivity contribution < 1.29 is 26.7 Å². The highest BCUT2D eigenvalue weighted by Gasteiger charge is 2.60. The van der Waals surface area contributed by atoms with Crippen LogP contribution in [0.2, 0.25) is 0 Å². The third-order valence-electron chi connectivity index (χ3n) is 4.66. The third kappa shape index (κ3) is 4.63. The molecule has 3 nitrogen and oxygen atoms in total. The van der Waals surface area contributed by atoms with Gasteiger partial charge in [0.2, 0.25) is 0 Å². The Labute approximate surface area is 157 Å². The van der Waals surface area contributed by atoms with E-state index < -0.39 is 18.4 Å². The number of hydrogen-bond donors (Lipinski definition) is 0. The van der Waals surface area contributed by atoms with Crippen LogP contribution < -0.4 is 0 Å². The Hall–Kier alpha value is -1.61. The van der Waals surface area contributed by atoms with E-state index in [1.54, 1.807) is 12.4 Å². The zero-order valence-corrected chi connectivity index (χ0v) is 15.4. The number of pyridine rings is 1. The van der Waals surface area contributed by atoms with Crippen LogP contribution in [0.25, 0.3) is 10.4 Å². The zero-order valence-electron chi connectivity index (χ0n) is 14.6. The van der Waals surface area contributed by atoms with Crippen molar-refractivity contribution in [3.05, 3.63) is 35.2 Å². The van der Waals surface area contributed by atoms with Gasteiger partial charge in [0.25, 0.3) is 0 Å². The van der Waals surface area contributed by atoms with Gasteiger partial charge in [0.15, 0.2) is 0 Å². The Morgan fingerprint density at radius 1 is 1.04 bits per heavy atom. The number of hydrogen-bond acceptors (Lipinski definition) is 4. The quantitative estimate of drug-likeness (QED) is 0.574. The van der Waals surface area contributed by atoms with Gasteiger partial charge in [-0.1, -0.05) is 13.0 Å². The van der Waals surface area contributed by atoms with Gasteiger partial charge in [0.05, 0.1) is 16.0 Å². The molecule has 1 aliphatic rings. The van der Waals surface area contributed by atoms with Crippen molar-refractivity contribution in [1.29, 1.82) is 0 Å². The first-order valence-corrected chi connectivity index (χ1v) is 9.54. The van der Waals surface area contributed by atoms with Crippen LogP contribution in [0.5, 0.6) is 0 Å². The van der Waals surface area contributed by atoms with Crippen molar-refractivity contribution in [3.63, 3.8) is 0 Å². The van der Waals surface area contributed by atoms with Crippen LogP contribution in [0.1, 0.15) is 49.2 Å². The third-order valence-corrected chi connectivity index (χ3v) is 5.87. The molecule has 27 heavy (non-hydrogen) atoms. The molecule has 2 aromatic rings. The lowest BCUT2D eigenvalue weighted by Crippen LogP contribution is -2.42. The predicted molar refractivity (Wildman–Crippen MR) is 91.8 cm³/mol. The molecule has 0 aromatic carbocycles. The van der Waals surface area contributed by atoms with Crippen molar-refractivity contribution in [3.8, 4) is 10.4 Å². The van der Waals surface area contributed by atoms with Crippen LogP contribution in [0.15, 0.2) is 24.5 Å². The van der Waals surface area contributed by atoms with E-state index in [1.165, 1.54) is 11.3 Å². The molecule has 1 fully saturated rings. The SMILES string of the molecule is CCc1ccc(-c2cnc(C3CCC(OC(F)(F)C(F)(F)F)CC3)s2)cn1. The van der Waals surface area contributed by atoms with Crippen molar-refractivity contribution in [2.45, 2.75) is 63.3 Å². The van der Waals surface area contributed by atoms with Crippen molar-refractivity contribution in [1.82, 2.24) is 9.97 Å². The fraction of sp³-hybridized carbons (Fsp3) is 0.556. The maximum absolute atomic E-state index is 13.0. The number of halogens is 5. The Balaban J connectivity index is 1.59. The zero-order chi connectivity index (χ0) is 19.7. The maximum atomic E-state index is 13.0. The molecule has 0 saturated heterocycles. The Morgan fingerprint density at radius 2 is 1.74 bits per heavy atom. The lowest BCUT2D eigenvalue weighted by Gasteiger charge is -2.30. The van der Waals surface area contributed by atoms with Gasteiger partial charge in [-0.2, -0.15) is 22.0 Å². The smallest absolute Gasteiger partial charge is 0.310 e. The van der Waals surface area contributed by atoms with Gasteiger partial charge >= 0.3 is 12.3 Å². The lowest BCUT2D eigenvalue weighted by molar-refractivity contribution is -0.403. The largest absolute Gasteiger partial charge is 0.482 e. The number of rotatable bonds is 5. The van der Waals surface area contributed by atoms with E-state index in [9.17, 15) is 22.0 Å². The summed E-state index contributed by atoms with van der Waals surface area (Å²) in [6.07, 6.45) is -6.24. The first-order valence-electron chi connectivity index (χ1n) is 8.73. The van der Waals surface area contributed by atoms with E-state index in [1.807, 2.05) is 19.1 Å². The summed E-state index contributed by atoms with van der Waals surface area (Å²) >= 11 is 1.50. The molecule has 0 amide bonds. The number of ether oxygens (including phenoxy) is 1. The first-order chi connectivity index (χ1) is 12.7. The minimum Gasteiger partial charge on any atom is -0.310 e. The summed E-state index contributed by atoms with van der Waals surface area (Å²) < 4.78 is 66.8. The molecule has 0 spiro atoms. The van der Waals surface area contributed by atoms with Crippen LogP contribution in [0.3, 0.4) is 0 Å². The molecule has 9 heteroatoms. The fourth-order valence-corrected chi connectivity index (χ4v) is 4.17. The van der Waals surface area contributed by atoms with Gasteiger partial charge in [-0.05, 0) is 38.2 Å². The number of thiazole rings is 1. The molecule has 148 valence electrons. The van der Waals surface area contributed by atoms with E-state index in [-0.39, 0.29) is 18.8 Å². The summed E-state index contributed by atoms with van der Waals surface area (Å²) in [5, 5.41) is 0.866. The van der Waals surface area contributed by atoms with E-state index in [0.717, 1.165) is 27.6 Å². The van der Waals surface area contributed by atoms with Crippen molar-refractivity contribution in [2.75, 3.05) is 0 Å². The molecule has 2 heterocycles. The molecule has 0 bridgehead atoms. The van der Waals surface area contributed by atoms with E-state index >= 15 is 0 Å². The molecule has 0 N–H and O–H groups in total. The molecule has 0 atom stereocenters. The fourth-order valence-electron chi connectivity index (χ4n) is 3.09. The van der Waals surface area contributed by atoms with Crippen molar-refractivity contribution >= 4 is 11.3 Å². The molecular weight excluding hydrogens is 387 g/mol. The van der Waals surface area contributed by atoms with Gasteiger partial charge in [-0.25, -0.2) is 4.98 Å². The monoisotopic (exact) mass is 406 g/mol. The highest BCUT2D eigenvalue weighted by atomic mass is 32.1. The number of alkyl halides is 5. The van der Waals surface area contributed by atoms with E-state index in [4.69, 9.17) is 0 Å². The van der Waals surface area contributed by atoms with Crippen LogP contribution in [0, 0.1) is 0 Å². The second-order valence-corrected chi connectivity index (χ2v) is 7.62. The van der Waals surface area contributed by atoms with Gasteiger partial charge in [0, 0.05) is 29.6 Å². The van der Waals surface area contributed by atoms with Gasteiger partial charge < -0.3 is 4.74 Å². The topological polar surface area (TPSA) is 35.0 Å². The molecule has 1 aliphatic carbocycles. The number of aryl methyl sites for hydroxylation is 1. The second kappa shape index (κ2) is 7.79. The Morgan fingerprint density at radius 3 is 2.30 bits per heavy atom. The number of aromatic nitrogens is 2. The second-order valence-electron chi connectivity index (χ2n) is 6.56. The molecule has 1 saturated carbocycles. The van der Waals surface area contributed by atoms with Crippen LogP contribution in [-0.4, -0.2) is 28.4 Å². The van der Waals surface area contributed by atoms with Crippen LogP contribution in [0.4, 0.5) is 22.0 Å². The Bertz CT molecular complexity index is 752. The molecule has 3 rings (SSSR count). The maximum Gasteiger partial charge on any atom is 0.482 e. The molecule has 0 radical (unpaired) electrons. The van der Waals surface area contributed by atoms with Gasteiger partial charge in [0.1, 0.15) is 0 Å². The molecule has 2 aromatic heterocycles. The van der Waals surface area contributed by atoms with Gasteiger partial charge in [-0.3, -0.25) is 4.98 Å². The van der Waals surface area contributed by atoms with Crippen molar-refractivity contribution in [2.24, 2.45) is 0 Å². The first kappa shape index (κ1) is 20.1. The summed E-state index contributed by atoms with van der Waals surface area (Å²) in [6.45, 7) is 2.03. The lowest BCUT2D eigenvalue weighted by atomic mass is 9.88. The van der Waals surface area contributed by atoms with E-state index in [2.05, 4.69) is 14.7 Å². The molecule has 0 unspecified atom stereocenters. The summed E-state index contributed by atoms with van der Waals surface area (Å²) in [5.74, 6) is 0.0472. The average Bonchev–Trinajstić information content (AvgIpc) is 3.11. The molecular formula is C18H19F5N2OS. The van der Waals surface area contributed by atoms with Crippen LogP contribution >= 0.6 is 11.3 Å². The summed E-state index contributed by atoms with van der Waals surface area (Å²) in [4.78, 5) is 9.74. The Kier molecular flexibility index (Phi) is 5.81. The molecule has 0 aliphatic heterocycles. The highest BCUT2D eigenvalue weighted by molar-refractivity contribution is 7.15. The highest BCUT2D eigenvalue weighted by Crippen LogP contribution is 2.42. The minimum absolute atomic E-state index is 0.0472. The number of nitrogens with zero attached hydrogens (tertiary/aromatic N) is 2. The summed E-state index contributed by atoms with van der Waals surface area (Å²) in [7, 11) is 0. The van der Waals surface area contributed by atoms with Crippen LogP contribution in [-0.2, 0) is 11.2 Å². The average molecular weight is 406 g/mol. The summed E-state index contributed by atoms with van der Waals surface area (Å²) in [5.41, 5.74) is 1.95. The summed E-state index contributed by atoms with van der Waals surface area (Å²) in [6, 6.07) is 3.94. The minimum atomic E-state index is -5.69. The normalized spacial score (nSPS) is 21.4. The standard InChI is InChI=1S/C18H19F5N2OS/c1-2-13-6-3-12(9-24-13)15-10-25-16(27-15)11-4-7-14(8-5-11)26-18(22,23)17(19,20)21/h3,6,9-11,14H,2,4-5,7-8H2,1H3.